The topological polar surface area (TPSA) is 46.2 Å². The number of fused-ring (bicyclic) bond motifs is 1. The Bertz CT molecular complexity index is 591. The van der Waals surface area contributed by atoms with Gasteiger partial charge in [-0.25, -0.2) is 0 Å². The van der Waals surface area contributed by atoms with Gasteiger partial charge in [-0.2, -0.15) is 0 Å². The van der Waals surface area contributed by atoms with Gasteiger partial charge in [0, 0.05) is 16.8 Å². The molecule has 3 rings (SSSR count). The number of thiophene rings is 1. The van der Waals surface area contributed by atoms with Crippen molar-refractivity contribution in [3.05, 3.63) is 57.8 Å². The molecular formula is C17H21NOS. The Morgan fingerprint density at radius 3 is 2.80 bits per heavy atom. The minimum absolute atomic E-state index is 0.382. The van der Waals surface area contributed by atoms with E-state index < -0.39 is 5.60 Å². The van der Waals surface area contributed by atoms with Crippen LogP contribution in [0.25, 0.3) is 0 Å². The van der Waals surface area contributed by atoms with E-state index in [4.69, 9.17) is 5.73 Å². The van der Waals surface area contributed by atoms with E-state index in [-0.39, 0.29) is 5.41 Å². The maximum atomic E-state index is 11.3. The first-order valence-electron chi connectivity index (χ1n) is 7.17. The van der Waals surface area contributed by atoms with E-state index >= 15 is 0 Å². The van der Waals surface area contributed by atoms with Crippen LogP contribution in [0.1, 0.15) is 35.8 Å². The first kappa shape index (κ1) is 13.8. The van der Waals surface area contributed by atoms with Crippen LogP contribution in [0.4, 0.5) is 0 Å². The zero-order chi connectivity index (χ0) is 14.2. The van der Waals surface area contributed by atoms with Gasteiger partial charge < -0.3 is 10.8 Å². The van der Waals surface area contributed by atoms with Crippen molar-refractivity contribution in [3.8, 4) is 0 Å². The van der Waals surface area contributed by atoms with E-state index in [0.717, 1.165) is 24.1 Å². The van der Waals surface area contributed by atoms with Crippen LogP contribution in [0.3, 0.4) is 0 Å². The van der Waals surface area contributed by atoms with Crippen molar-refractivity contribution < 1.29 is 5.11 Å². The Labute approximate surface area is 124 Å². The van der Waals surface area contributed by atoms with Crippen LogP contribution in [0.2, 0.25) is 0 Å². The smallest absolute Gasteiger partial charge is 0.107 e. The Kier molecular flexibility index (Phi) is 3.44. The molecule has 1 heterocycles. The molecule has 0 saturated carbocycles. The second kappa shape index (κ2) is 4.99. The predicted octanol–water partition coefficient (Wildman–Crippen LogP) is 3.19. The third-order valence-electron chi connectivity index (χ3n) is 4.86. The molecule has 3 heteroatoms. The lowest BCUT2D eigenvalue weighted by Crippen LogP contribution is -2.53. The summed E-state index contributed by atoms with van der Waals surface area (Å²) in [6, 6.07) is 12.4. The summed E-state index contributed by atoms with van der Waals surface area (Å²) in [6.07, 6.45) is 3.10. The number of benzene rings is 1. The molecule has 20 heavy (non-hydrogen) atoms. The fourth-order valence-corrected chi connectivity index (χ4v) is 4.51. The molecule has 1 aliphatic rings. The highest BCUT2D eigenvalue weighted by atomic mass is 32.1. The predicted molar refractivity (Wildman–Crippen MR) is 84.0 cm³/mol. The average Bonchev–Trinajstić information content (AvgIpc) is 3.01. The van der Waals surface area contributed by atoms with Gasteiger partial charge in [-0.1, -0.05) is 30.3 Å². The summed E-state index contributed by atoms with van der Waals surface area (Å²) >= 11 is 1.61. The fraction of sp³-hybridized carbons (Fsp3) is 0.412. The molecule has 2 unspecified atom stereocenters. The third kappa shape index (κ3) is 1.85. The summed E-state index contributed by atoms with van der Waals surface area (Å²) in [7, 11) is 0. The summed E-state index contributed by atoms with van der Waals surface area (Å²) in [6.45, 7) is 2.39. The van der Waals surface area contributed by atoms with Gasteiger partial charge in [0.2, 0.25) is 0 Å². The number of hydrogen-bond acceptors (Lipinski definition) is 3. The highest BCUT2D eigenvalue weighted by Gasteiger charge is 2.50. The summed E-state index contributed by atoms with van der Waals surface area (Å²) < 4.78 is 0. The Morgan fingerprint density at radius 2 is 2.10 bits per heavy atom. The average molecular weight is 287 g/mol. The monoisotopic (exact) mass is 287 g/mol. The highest BCUT2D eigenvalue weighted by molar-refractivity contribution is 7.10. The van der Waals surface area contributed by atoms with Crippen LogP contribution < -0.4 is 5.73 Å². The molecule has 106 valence electrons. The molecule has 0 saturated heterocycles. The van der Waals surface area contributed by atoms with Crippen molar-refractivity contribution in [3.63, 3.8) is 0 Å². The molecule has 0 radical (unpaired) electrons. The van der Waals surface area contributed by atoms with Crippen molar-refractivity contribution in [1.82, 2.24) is 0 Å². The fourth-order valence-electron chi connectivity index (χ4n) is 3.63. The second-order valence-corrected chi connectivity index (χ2v) is 6.79. The lowest BCUT2D eigenvalue weighted by atomic mass is 9.60. The summed E-state index contributed by atoms with van der Waals surface area (Å²) in [4.78, 5) is 1.000. The zero-order valence-corrected chi connectivity index (χ0v) is 12.6. The standard InChI is InChI=1S/C17H21NOS/c1-16(19,15-9-5-11-20-15)17(12-18)10-4-7-13-6-2-3-8-14(13)17/h2-3,5-6,8-9,11,19H,4,7,10,12,18H2,1H3. The van der Waals surface area contributed by atoms with E-state index in [9.17, 15) is 5.11 Å². The van der Waals surface area contributed by atoms with Crippen LogP contribution in [-0.4, -0.2) is 11.7 Å². The quantitative estimate of drug-likeness (QED) is 0.910. The maximum Gasteiger partial charge on any atom is 0.107 e. The summed E-state index contributed by atoms with van der Waals surface area (Å²) in [5.41, 5.74) is 7.45. The number of nitrogens with two attached hydrogens (primary N) is 1. The molecule has 1 aromatic carbocycles. The van der Waals surface area contributed by atoms with Gasteiger partial charge in [-0.15, -0.1) is 11.3 Å². The maximum absolute atomic E-state index is 11.3. The minimum atomic E-state index is -0.924. The molecule has 1 aliphatic carbocycles. The molecular weight excluding hydrogens is 266 g/mol. The normalized spacial score (nSPS) is 24.9. The van der Waals surface area contributed by atoms with Crippen molar-refractivity contribution in [2.24, 2.45) is 5.73 Å². The molecule has 2 atom stereocenters. The molecule has 0 spiro atoms. The first-order valence-corrected chi connectivity index (χ1v) is 8.04. The van der Waals surface area contributed by atoms with Crippen LogP contribution in [-0.2, 0) is 17.4 Å². The second-order valence-electron chi connectivity index (χ2n) is 5.85. The largest absolute Gasteiger partial charge is 0.384 e. The van der Waals surface area contributed by atoms with Crippen molar-refractivity contribution in [2.75, 3.05) is 6.54 Å². The van der Waals surface area contributed by atoms with E-state index in [0.29, 0.717) is 6.54 Å². The Hall–Kier alpha value is -1.16. The molecule has 2 nitrogen and oxygen atoms in total. The van der Waals surface area contributed by atoms with E-state index in [1.807, 2.05) is 24.4 Å². The van der Waals surface area contributed by atoms with Crippen LogP contribution in [0.15, 0.2) is 41.8 Å². The third-order valence-corrected chi connectivity index (χ3v) is 5.94. The lowest BCUT2D eigenvalue weighted by molar-refractivity contribution is -0.0314. The van der Waals surface area contributed by atoms with Crippen LogP contribution in [0, 0.1) is 0 Å². The van der Waals surface area contributed by atoms with Gasteiger partial charge in [0.05, 0.1) is 0 Å². The molecule has 2 aromatic rings. The SMILES string of the molecule is CC(O)(c1cccs1)C1(CN)CCCc2ccccc21. The highest BCUT2D eigenvalue weighted by Crippen LogP contribution is 2.49. The lowest BCUT2D eigenvalue weighted by Gasteiger charge is -2.48. The molecule has 0 amide bonds. The van der Waals surface area contributed by atoms with E-state index in [1.54, 1.807) is 11.3 Å². The molecule has 0 fully saturated rings. The van der Waals surface area contributed by atoms with E-state index in [1.165, 1.54) is 11.1 Å². The summed E-state index contributed by atoms with van der Waals surface area (Å²) in [5, 5.41) is 13.3. The number of aryl methyl sites for hydroxylation is 1. The number of aliphatic hydroxyl groups is 1. The molecule has 3 N–H and O–H groups in total. The van der Waals surface area contributed by atoms with Gasteiger partial charge >= 0.3 is 0 Å². The molecule has 0 bridgehead atoms. The van der Waals surface area contributed by atoms with Gasteiger partial charge in [0.15, 0.2) is 0 Å². The van der Waals surface area contributed by atoms with E-state index in [2.05, 4.69) is 24.3 Å². The first-order chi connectivity index (χ1) is 9.62. The Balaban J connectivity index is 2.18. The van der Waals surface area contributed by atoms with Gasteiger partial charge in [-0.05, 0) is 48.8 Å². The summed E-state index contributed by atoms with van der Waals surface area (Å²) in [5.74, 6) is 0. The molecule has 0 aliphatic heterocycles. The van der Waals surface area contributed by atoms with Gasteiger partial charge in [0.25, 0.3) is 0 Å². The van der Waals surface area contributed by atoms with Crippen molar-refractivity contribution >= 4 is 11.3 Å². The minimum Gasteiger partial charge on any atom is -0.384 e. The Morgan fingerprint density at radius 1 is 1.30 bits per heavy atom. The van der Waals surface area contributed by atoms with Gasteiger partial charge in [-0.3, -0.25) is 0 Å². The number of hydrogen-bond donors (Lipinski definition) is 2. The van der Waals surface area contributed by atoms with Gasteiger partial charge in [0.1, 0.15) is 5.60 Å². The van der Waals surface area contributed by atoms with Crippen molar-refractivity contribution in [2.45, 2.75) is 37.2 Å². The van der Waals surface area contributed by atoms with Crippen LogP contribution >= 0.6 is 11.3 Å². The zero-order valence-electron chi connectivity index (χ0n) is 11.8. The van der Waals surface area contributed by atoms with Crippen molar-refractivity contribution in [1.29, 1.82) is 0 Å². The van der Waals surface area contributed by atoms with Crippen LogP contribution in [0.5, 0.6) is 0 Å². The number of rotatable bonds is 3. The molecule has 1 aromatic heterocycles.